The molecule has 0 aliphatic carbocycles. The number of nitrogens with one attached hydrogen (secondary N) is 1. The van der Waals surface area contributed by atoms with Crippen molar-refractivity contribution in [2.45, 2.75) is 43.7 Å². The van der Waals surface area contributed by atoms with Crippen LogP contribution in [0.1, 0.15) is 16.7 Å². The highest BCUT2D eigenvalue weighted by Gasteiger charge is 2.57. The van der Waals surface area contributed by atoms with Crippen LogP contribution in [0.2, 0.25) is 0 Å². The lowest BCUT2D eigenvalue weighted by molar-refractivity contribution is -0.385. The van der Waals surface area contributed by atoms with E-state index in [1.807, 2.05) is 6.07 Å². The number of fused-ring (bicyclic) bond motifs is 1. The zero-order valence-electron chi connectivity index (χ0n) is 16.7. The molecule has 1 fully saturated rings. The maximum absolute atomic E-state index is 14.0. The minimum Gasteiger partial charge on any atom is -0.454 e. The second-order valence-electron chi connectivity index (χ2n) is 7.75. The Bertz CT molecular complexity index is 1090. The maximum atomic E-state index is 14.0. The number of aromatic nitrogens is 1. The molecule has 1 aliphatic heterocycles. The summed E-state index contributed by atoms with van der Waals surface area (Å²) in [6.07, 6.45) is -4.90. The van der Waals surface area contributed by atoms with E-state index < -0.39 is 37.0 Å². The van der Waals surface area contributed by atoms with Gasteiger partial charge in [-0.3, -0.25) is 0 Å². The molecule has 0 bridgehead atoms. The topological polar surface area (TPSA) is 135 Å². The van der Waals surface area contributed by atoms with E-state index in [-0.39, 0.29) is 11.6 Å². The van der Waals surface area contributed by atoms with Crippen LogP contribution < -0.4 is 4.74 Å². The van der Waals surface area contributed by atoms with Gasteiger partial charge in [0.05, 0.1) is 6.61 Å². The molecule has 9 heteroatoms. The van der Waals surface area contributed by atoms with E-state index in [1.165, 1.54) is 12.1 Å². The van der Waals surface area contributed by atoms with Crippen molar-refractivity contribution >= 4 is 10.9 Å². The fourth-order valence-corrected chi connectivity index (χ4v) is 3.79. The fraction of sp³-hybridized carbons (Fsp3) is 0.364. The number of aliphatic hydroxyl groups is 5. The molecule has 0 amide bonds. The molecule has 0 radical (unpaired) electrons. The van der Waals surface area contributed by atoms with E-state index in [9.17, 15) is 29.9 Å². The molecule has 1 saturated heterocycles. The molecule has 2 heterocycles. The van der Waals surface area contributed by atoms with Crippen LogP contribution in [0.25, 0.3) is 10.9 Å². The molecule has 1 aliphatic rings. The lowest BCUT2D eigenvalue weighted by Gasteiger charge is -2.45. The Balaban J connectivity index is 1.70. The van der Waals surface area contributed by atoms with Crippen molar-refractivity contribution < 1.29 is 39.4 Å². The summed E-state index contributed by atoms with van der Waals surface area (Å²) < 4.78 is 24.6. The third kappa shape index (κ3) is 3.80. The Kier molecular flexibility index (Phi) is 5.73. The lowest BCUT2D eigenvalue weighted by atomic mass is 9.95. The summed E-state index contributed by atoms with van der Waals surface area (Å²) in [7, 11) is 0. The Morgan fingerprint density at radius 1 is 1.19 bits per heavy atom. The molecule has 8 nitrogen and oxygen atoms in total. The minimum atomic E-state index is -2.69. The lowest BCUT2D eigenvalue weighted by Crippen LogP contribution is -2.69. The summed E-state index contributed by atoms with van der Waals surface area (Å²) in [5.74, 6) is -2.90. The zero-order valence-corrected chi connectivity index (χ0v) is 16.7. The van der Waals surface area contributed by atoms with Gasteiger partial charge in [0.2, 0.25) is 6.29 Å². The van der Waals surface area contributed by atoms with Crippen LogP contribution in [0.15, 0.2) is 42.6 Å². The molecular formula is C22H24FNO7. The van der Waals surface area contributed by atoms with E-state index in [1.54, 1.807) is 31.3 Å². The van der Waals surface area contributed by atoms with Crippen LogP contribution in [0.3, 0.4) is 0 Å². The number of aromatic amines is 1. The van der Waals surface area contributed by atoms with Crippen LogP contribution >= 0.6 is 0 Å². The molecule has 0 unspecified atom stereocenters. The SMILES string of the molecule is Cc1ccc(Cc2c[nH]c3cccc(O[C@]4(O)[C@@H](O)O[C@H](CO)[C@@H](O)[C@@H]4O)c23)cc1F. The average molecular weight is 433 g/mol. The normalized spacial score (nSPS) is 28.7. The number of hydrogen-bond acceptors (Lipinski definition) is 7. The van der Waals surface area contributed by atoms with E-state index >= 15 is 0 Å². The van der Waals surface area contributed by atoms with Gasteiger partial charge in [0, 0.05) is 17.1 Å². The van der Waals surface area contributed by atoms with Gasteiger partial charge in [-0.05, 0) is 48.2 Å². The van der Waals surface area contributed by atoms with Crippen molar-refractivity contribution in [3.63, 3.8) is 0 Å². The summed E-state index contributed by atoms with van der Waals surface area (Å²) in [6, 6.07) is 9.87. The second-order valence-corrected chi connectivity index (χ2v) is 7.75. The van der Waals surface area contributed by atoms with Crippen molar-refractivity contribution in [1.82, 2.24) is 4.98 Å². The molecule has 31 heavy (non-hydrogen) atoms. The van der Waals surface area contributed by atoms with Crippen LogP contribution in [-0.2, 0) is 11.2 Å². The molecule has 2 aromatic carbocycles. The van der Waals surface area contributed by atoms with Crippen molar-refractivity contribution in [1.29, 1.82) is 0 Å². The molecule has 166 valence electrons. The second kappa shape index (κ2) is 8.19. The predicted octanol–water partition coefficient (Wildman–Crippen LogP) is 0.705. The monoisotopic (exact) mass is 433 g/mol. The molecule has 0 saturated carbocycles. The predicted molar refractivity (Wildman–Crippen MR) is 108 cm³/mol. The van der Waals surface area contributed by atoms with Crippen molar-refractivity contribution in [3.8, 4) is 5.75 Å². The van der Waals surface area contributed by atoms with Crippen LogP contribution in [0.4, 0.5) is 4.39 Å². The summed E-state index contributed by atoms with van der Waals surface area (Å²) in [5, 5.41) is 51.3. The first-order valence-corrected chi connectivity index (χ1v) is 9.80. The first-order chi connectivity index (χ1) is 14.7. The Labute approximate surface area is 177 Å². The first-order valence-electron chi connectivity index (χ1n) is 9.80. The quantitative estimate of drug-likeness (QED) is 0.326. The van der Waals surface area contributed by atoms with Crippen molar-refractivity contribution in [3.05, 3.63) is 65.1 Å². The fourth-order valence-electron chi connectivity index (χ4n) is 3.79. The van der Waals surface area contributed by atoms with E-state index in [0.717, 1.165) is 11.1 Å². The smallest absolute Gasteiger partial charge is 0.288 e. The maximum Gasteiger partial charge on any atom is 0.288 e. The summed E-state index contributed by atoms with van der Waals surface area (Å²) in [5.41, 5.74) is 2.64. The molecule has 6 N–H and O–H groups in total. The number of ether oxygens (including phenoxy) is 2. The minimum absolute atomic E-state index is 0.111. The van der Waals surface area contributed by atoms with E-state index in [0.29, 0.717) is 22.9 Å². The molecule has 3 aromatic rings. The number of aryl methyl sites for hydroxylation is 1. The van der Waals surface area contributed by atoms with Gasteiger partial charge in [0.15, 0.2) is 6.10 Å². The summed E-state index contributed by atoms with van der Waals surface area (Å²) >= 11 is 0. The van der Waals surface area contributed by atoms with Crippen molar-refractivity contribution in [2.24, 2.45) is 0 Å². The van der Waals surface area contributed by atoms with Crippen molar-refractivity contribution in [2.75, 3.05) is 6.61 Å². The third-order valence-corrected chi connectivity index (χ3v) is 5.62. The van der Waals surface area contributed by atoms with Gasteiger partial charge in [0.1, 0.15) is 23.8 Å². The third-order valence-electron chi connectivity index (χ3n) is 5.62. The Morgan fingerprint density at radius 2 is 1.97 bits per heavy atom. The van der Waals surface area contributed by atoms with Crippen LogP contribution in [0.5, 0.6) is 5.75 Å². The molecule has 1 aromatic heterocycles. The highest BCUT2D eigenvalue weighted by molar-refractivity contribution is 5.89. The molecule has 4 rings (SSSR count). The number of H-pyrrole nitrogens is 1. The average Bonchev–Trinajstić information content (AvgIpc) is 3.16. The summed E-state index contributed by atoms with van der Waals surface area (Å²) in [6.45, 7) is 1.01. The molecule has 0 spiro atoms. The zero-order chi connectivity index (χ0) is 22.3. The van der Waals surface area contributed by atoms with E-state index in [2.05, 4.69) is 4.98 Å². The number of benzene rings is 2. The molecule has 5 atom stereocenters. The Morgan fingerprint density at radius 3 is 2.68 bits per heavy atom. The Hall–Kier alpha value is -2.53. The number of hydrogen-bond donors (Lipinski definition) is 6. The largest absolute Gasteiger partial charge is 0.454 e. The van der Waals surface area contributed by atoms with Gasteiger partial charge in [-0.2, -0.15) is 0 Å². The van der Waals surface area contributed by atoms with Crippen LogP contribution in [-0.4, -0.2) is 67.5 Å². The number of rotatable bonds is 5. The number of halogens is 1. The van der Waals surface area contributed by atoms with Gasteiger partial charge in [0.25, 0.3) is 5.79 Å². The highest BCUT2D eigenvalue weighted by atomic mass is 19.1. The van der Waals surface area contributed by atoms with Gasteiger partial charge in [-0.1, -0.05) is 18.2 Å². The van der Waals surface area contributed by atoms with Gasteiger partial charge in [-0.25, -0.2) is 4.39 Å². The van der Waals surface area contributed by atoms with Gasteiger partial charge < -0.3 is 40.0 Å². The summed E-state index contributed by atoms with van der Waals surface area (Å²) in [4.78, 5) is 3.08. The molecular weight excluding hydrogens is 409 g/mol. The highest BCUT2D eigenvalue weighted by Crippen LogP contribution is 2.36. The van der Waals surface area contributed by atoms with Gasteiger partial charge >= 0.3 is 0 Å². The first kappa shape index (κ1) is 21.7. The number of aliphatic hydroxyl groups excluding tert-OH is 4. The van der Waals surface area contributed by atoms with Gasteiger partial charge in [-0.15, -0.1) is 0 Å². The van der Waals surface area contributed by atoms with E-state index in [4.69, 9.17) is 9.47 Å². The van der Waals surface area contributed by atoms with Crippen LogP contribution in [0, 0.1) is 12.7 Å². The standard InChI is InChI=1S/C22H24FNO7/c1-11-5-6-12(8-14(11)23)7-13-9-24-15-3-2-4-16(18(13)15)31-22(29)20(27)19(26)17(10-25)30-21(22)28/h2-6,8-9,17,19-21,24-29H,7,10H2,1H3/t17-,19-,20+,21+,22+/m1/s1.